The van der Waals surface area contributed by atoms with E-state index >= 15 is 0 Å². The molecule has 5 heteroatoms. The molecule has 1 saturated heterocycles. The zero-order valence-electron chi connectivity index (χ0n) is 11.6. The van der Waals surface area contributed by atoms with Gasteiger partial charge in [0.15, 0.2) is 0 Å². The van der Waals surface area contributed by atoms with Crippen molar-refractivity contribution in [1.29, 1.82) is 0 Å². The second-order valence-electron chi connectivity index (χ2n) is 4.83. The molecule has 0 unspecified atom stereocenters. The Morgan fingerprint density at radius 2 is 2.05 bits per heavy atom. The molecular weight excluding hydrogens is 260 g/mol. The van der Waals surface area contributed by atoms with Gasteiger partial charge in [-0.2, -0.15) is 0 Å². The largest absolute Gasteiger partial charge is 0.496 e. The van der Waals surface area contributed by atoms with E-state index in [-0.39, 0.29) is 6.61 Å². The summed E-state index contributed by atoms with van der Waals surface area (Å²) in [6.45, 7) is 1.57. The van der Waals surface area contributed by atoms with Gasteiger partial charge in [0.1, 0.15) is 24.1 Å². The summed E-state index contributed by atoms with van der Waals surface area (Å²) in [6.07, 6.45) is 0.662. The lowest BCUT2D eigenvalue weighted by Gasteiger charge is -2.12. The molecule has 0 bridgehead atoms. The third-order valence-corrected chi connectivity index (χ3v) is 3.55. The monoisotopic (exact) mass is 280 g/mol. The van der Waals surface area contributed by atoms with Crippen LogP contribution in [0.1, 0.15) is 18.1 Å². The van der Waals surface area contributed by atoms with Gasteiger partial charge in [0.25, 0.3) is 0 Å². The number of benzene rings is 1. The molecule has 2 rings (SSSR count). The first-order chi connectivity index (χ1) is 9.58. The van der Waals surface area contributed by atoms with Crippen LogP contribution < -0.4 is 4.74 Å². The van der Waals surface area contributed by atoms with Gasteiger partial charge in [0, 0.05) is 5.56 Å². The van der Waals surface area contributed by atoms with E-state index in [2.05, 4.69) is 0 Å². The van der Waals surface area contributed by atoms with Crippen molar-refractivity contribution in [1.82, 2.24) is 0 Å². The third kappa shape index (κ3) is 2.86. The Labute approximate surface area is 118 Å². The Balaban J connectivity index is 2.20. The van der Waals surface area contributed by atoms with Gasteiger partial charge in [-0.05, 0) is 18.6 Å². The molecule has 1 aliphatic rings. The number of hydrogen-bond donors (Lipinski definition) is 3. The van der Waals surface area contributed by atoms with Crippen molar-refractivity contribution in [3.8, 4) is 5.75 Å². The summed E-state index contributed by atoms with van der Waals surface area (Å²) in [5, 5.41) is 28.9. The van der Waals surface area contributed by atoms with Crippen molar-refractivity contribution >= 4 is 6.08 Å². The van der Waals surface area contributed by atoms with Crippen molar-refractivity contribution in [2.75, 3.05) is 7.11 Å². The van der Waals surface area contributed by atoms with Gasteiger partial charge in [-0.3, -0.25) is 0 Å². The average molecular weight is 280 g/mol. The molecule has 5 nitrogen and oxygen atoms in total. The second-order valence-corrected chi connectivity index (χ2v) is 4.83. The smallest absolute Gasteiger partial charge is 0.124 e. The highest BCUT2D eigenvalue weighted by Gasteiger charge is 2.38. The molecule has 0 saturated carbocycles. The van der Waals surface area contributed by atoms with Gasteiger partial charge in [-0.15, -0.1) is 0 Å². The number of aliphatic hydroxyl groups excluding tert-OH is 3. The molecule has 0 radical (unpaired) electrons. The van der Waals surface area contributed by atoms with Crippen LogP contribution in [0, 0.1) is 0 Å². The number of methoxy groups -OCH3 is 1. The normalized spacial score (nSPS) is 30.1. The minimum absolute atomic E-state index is 0.142. The summed E-state index contributed by atoms with van der Waals surface area (Å²) in [6, 6.07) is 5.43. The first kappa shape index (κ1) is 15.0. The Hall–Kier alpha value is -1.40. The van der Waals surface area contributed by atoms with Crippen LogP contribution in [-0.2, 0) is 11.3 Å². The van der Waals surface area contributed by atoms with Crippen molar-refractivity contribution in [2.24, 2.45) is 0 Å². The lowest BCUT2D eigenvalue weighted by Crippen LogP contribution is -2.30. The first-order valence-corrected chi connectivity index (χ1v) is 6.55. The molecule has 3 N–H and O–H groups in total. The quantitative estimate of drug-likeness (QED) is 0.757. The molecule has 0 spiro atoms. The maximum absolute atomic E-state index is 9.83. The maximum atomic E-state index is 9.83. The van der Waals surface area contributed by atoms with E-state index in [1.165, 1.54) is 0 Å². The molecule has 1 fully saturated rings. The van der Waals surface area contributed by atoms with Crippen molar-refractivity contribution in [3.63, 3.8) is 0 Å². The predicted molar refractivity (Wildman–Crippen MR) is 74.3 cm³/mol. The van der Waals surface area contributed by atoms with Crippen LogP contribution in [0.25, 0.3) is 6.08 Å². The van der Waals surface area contributed by atoms with Crippen LogP contribution in [-0.4, -0.2) is 46.8 Å². The SMILES string of the molecule is COc1cccc(/C=C/[C@@H]2O[C@H](C)[C@@H](O)[C@H]2O)c1CO. The minimum Gasteiger partial charge on any atom is -0.496 e. The molecule has 1 heterocycles. The Morgan fingerprint density at radius 1 is 1.30 bits per heavy atom. The number of aliphatic hydroxyl groups is 3. The van der Waals surface area contributed by atoms with E-state index in [0.29, 0.717) is 11.3 Å². The topological polar surface area (TPSA) is 79.2 Å². The van der Waals surface area contributed by atoms with Crippen LogP contribution in [0.3, 0.4) is 0 Å². The van der Waals surface area contributed by atoms with Crippen molar-refractivity contribution in [3.05, 3.63) is 35.4 Å². The summed E-state index contributed by atoms with van der Waals surface area (Å²) in [5.74, 6) is 0.607. The van der Waals surface area contributed by atoms with E-state index in [9.17, 15) is 15.3 Å². The van der Waals surface area contributed by atoms with E-state index < -0.39 is 24.4 Å². The molecule has 110 valence electrons. The highest BCUT2D eigenvalue weighted by atomic mass is 16.5. The molecule has 1 aromatic rings. The minimum atomic E-state index is -0.940. The van der Waals surface area contributed by atoms with Crippen LogP contribution in [0.5, 0.6) is 5.75 Å². The van der Waals surface area contributed by atoms with E-state index in [0.717, 1.165) is 5.56 Å². The fraction of sp³-hybridized carbons (Fsp3) is 0.467. The third-order valence-electron chi connectivity index (χ3n) is 3.55. The average Bonchev–Trinajstić information content (AvgIpc) is 2.71. The Kier molecular flexibility index (Phi) is 4.77. The number of rotatable bonds is 4. The summed E-state index contributed by atoms with van der Waals surface area (Å²) < 4.78 is 10.6. The standard InChI is InChI=1S/C15H20O5/c1-9-14(17)15(18)13(20-9)7-6-10-4-3-5-12(19-2)11(10)8-16/h3-7,9,13-18H,8H2,1-2H3/b7-6+/t9-,13+,14-,15+/m1/s1. The molecule has 20 heavy (non-hydrogen) atoms. The van der Waals surface area contributed by atoms with Gasteiger partial charge in [0.2, 0.25) is 0 Å². The molecule has 1 aliphatic heterocycles. The van der Waals surface area contributed by atoms with Crippen LogP contribution in [0.2, 0.25) is 0 Å². The summed E-state index contributed by atoms with van der Waals surface area (Å²) in [4.78, 5) is 0. The van der Waals surface area contributed by atoms with Gasteiger partial charge >= 0.3 is 0 Å². The fourth-order valence-corrected chi connectivity index (χ4v) is 2.34. The number of ether oxygens (including phenoxy) is 2. The van der Waals surface area contributed by atoms with E-state index in [4.69, 9.17) is 9.47 Å². The van der Waals surface area contributed by atoms with Crippen LogP contribution >= 0.6 is 0 Å². The second kappa shape index (κ2) is 6.37. The molecule has 0 amide bonds. The summed E-state index contributed by atoms with van der Waals surface area (Å²) in [7, 11) is 1.55. The van der Waals surface area contributed by atoms with Gasteiger partial charge in [-0.25, -0.2) is 0 Å². The zero-order valence-corrected chi connectivity index (χ0v) is 11.6. The van der Waals surface area contributed by atoms with Gasteiger partial charge in [0.05, 0.1) is 19.8 Å². The molecule has 0 aliphatic carbocycles. The Morgan fingerprint density at radius 3 is 2.60 bits per heavy atom. The lowest BCUT2D eigenvalue weighted by atomic mass is 10.0. The predicted octanol–water partition coefficient (Wildman–Crippen LogP) is 0.710. The fourth-order valence-electron chi connectivity index (χ4n) is 2.34. The van der Waals surface area contributed by atoms with Crippen LogP contribution in [0.15, 0.2) is 24.3 Å². The van der Waals surface area contributed by atoms with Gasteiger partial charge < -0.3 is 24.8 Å². The maximum Gasteiger partial charge on any atom is 0.124 e. The van der Waals surface area contributed by atoms with E-state index in [1.54, 1.807) is 32.3 Å². The van der Waals surface area contributed by atoms with Gasteiger partial charge in [-0.1, -0.05) is 24.3 Å². The first-order valence-electron chi connectivity index (χ1n) is 6.55. The lowest BCUT2D eigenvalue weighted by molar-refractivity contribution is 0.0316. The summed E-state index contributed by atoms with van der Waals surface area (Å²) >= 11 is 0. The Bertz CT molecular complexity index is 485. The van der Waals surface area contributed by atoms with Crippen molar-refractivity contribution in [2.45, 2.75) is 37.9 Å². The molecule has 0 aromatic heterocycles. The summed E-state index contributed by atoms with van der Waals surface area (Å²) in [5.41, 5.74) is 1.46. The zero-order chi connectivity index (χ0) is 14.7. The molecular formula is C15H20O5. The highest BCUT2D eigenvalue weighted by Crippen LogP contribution is 2.26. The highest BCUT2D eigenvalue weighted by molar-refractivity contribution is 5.58. The van der Waals surface area contributed by atoms with Crippen molar-refractivity contribution < 1.29 is 24.8 Å². The van der Waals surface area contributed by atoms with Crippen LogP contribution in [0.4, 0.5) is 0 Å². The molecule has 1 aromatic carbocycles. The van der Waals surface area contributed by atoms with E-state index in [1.807, 2.05) is 12.1 Å². The molecule has 4 atom stereocenters. The number of hydrogen-bond acceptors (Lipinski definition) is 5.